The molecule has 0 radical (unpaired) electrons. The number of primary amides is 1. The minimum Gasteiger partial charge on any atom is -0.366 e. The van der Waals surface area contributed by atoms with Crippen molar-refractivity contribution < 1.29 is 4.79 Å². The van der Waals surface area contributed by atoms with Gasteiger partial charge >= 0.3 is 0 Å². The second-order valence-electron chi connectivity index (χ2n) is 6.60. The Morgan fingerprint density at radius 3 is 2.96 bits per heavy atom. The summed E-state index contributed by atoms with van der Waals surface area (Å²) in [6, 6.07) is 7.41. The molecule has 128 valence electrons. The van der Waals surface area contributed by atoms with Crippen LogP contribution in [-0.2, 0) is 6.54 Å². The first-order valence-electron chi connectivity index (χ1n) is 8.62. The van der Waals surface area contributed by atoms with Gasteiger partial charge in [-0.1, -0.05) is 0 Å². The normalized spacial score (nSPS) is 17.7. The van der Waals surface area contributed by atoms with Crippen LogP contribution in [0.4, 0.5) is 0 Å². The average Bonchev–Trinajstić information content (AvgIpc) is 3.05. The largest absolute Gasteiger partial charge is 0.366 e. The zero-order chi connectivity index (χ0) is 17.2. The summed E-state index contributed by atoms with van der Waals surface area (Å²) < 4.78 is 2.27. The molecule has 25 heavy (non-hydrogen) atoms. The van der Waals surface area contributed by atoms with Gasteiger partial charge in [-0.25, -0.2) is 0 Å². The molecule has 1 fully saturated rings. The molecule has 0 spiro atoms. The highest BCUT2D eigenvalue weighted by atomic mass is 16.1. The van der Waals surface area contributed by atoms with Crippen molar-refractivity contribution in [2.24, 2.45) is 11.7 Å². The lowest BCUT2D eigenvalue weighted by atomic mass is 10.00. The Morgan fingerprint density at radius 2 is 2.16 bits per heavy atom. The smallest absolute Gasteiger partial charge is 0.248 e. The quantitative estimate of drug-likeness (QED) is 0.765. The van der Waals surface area contributed by atoms with Crippen LogP contribution >= 0.6 is 0 Å². The lowest BCUT2D eigenvalue weighted by Gasteiger charge is -2.23. The SMILES string of the molecule is NC(=O)c1ccnc(-c2cc3ccn(CC4CCCNC4)c3cn2)c1. The predicted octanol–water partition coefficient (Wildman–Crippen LogP) is 2.20. The van der Waals surface area contributed by atoms with E-state index in [0.717, 1.165) is 36.2 Å². The highest BCUT2D eigenvalue weighted by Crippen LogP contribution is 2.23. The summed E-state index contributed by atoms with van der Waals surface area (Å²) in [6.07, 6.45) is 8.11. The maximum absolute atomic E-state index is 11.4. The third-order valence-corrected chi connectivity index (χ3v) is 4.82. The van der Waals surface area contributed by atoms with Crippen molar-refractivity contribution in [1.29, 1.82) is 0 Å². The molecule has 1 aliphatic heterocycles. The molecule has 1 unspecified atom stereocenters. The molecule has 0 bridgehead atoms. The van der Waals surface area contributed by atoms with Gasteiger partial charge in [0.1, 0.15) is 0 Å². The second kappa shape index (κ2) is 6.64. The Hall–Kier alpha value is -2.73. The Morgan fingerprint density at radius 1 is 1.28 bits per heavy atom. The first-order chi connectivity index (χ1) is 12.2. The molecule has 1 saturated heterocycles. The van der Waals surface area contributed by atoms with E-state index in [1.54, 1.807) is 18.3 Å². The molecule has 0 aliphatic carbocycles. The maximum Gasteiger partial charge on any atom is 0.248 e. The van der Waals surface area contributed by atoms with E-state index in [1.165, 1.54) is 12.8 Å². The van der Waals surface area contributed by atoms with Crippen molar-refractivity contribution in [2.75, 3.05) is 13.1 Å². The molecule has 1 amide bonds. The number of nitrogens with zero attached hydrogens (tertiary/aromatic N) is 3. The van der Waals surface area contributed by atoms with E-state index in [4.69, 9.17) is 5.73 Å². The van der Waals surface area contributed by atoms with Crippen LogP contribution in [0.15, 0.2) is 42.9 Å². The van der Waals surface area contributed by atoms with Crippen LogP contribution in [0.2, 0.25) is 0 Å². The molecule has 3 N–H and O–H groups in total. The molecular formula is C19H21N5O. The van der Waals surface area contributed by atoms with Crippen LogP contribution in [-0.4, -0.2) is 33.5 Å². The fourth-order valence-corrected chi connectivity index (χ4v) is 3.47. The predicted molar refractivity (Wildman–Crippen MR) is 97.1 cm³/mol. The first-order valence-corrected chi connectivity index (χ1v) is 8.62. The topological polar surface area (TPSA) is 85.8 Å². The Bertz CT molecular complexity index is 911. The summed E-state index contributed by atoms with van der Waals surface area (Å²) in [6.45, 7) is 3.22. The van der Waals surface area contributed by atoms with Crippen molar-refractivity contribution in [3.8, 4) is 11.4 Å². The summed E-state index contributed by atoms with van der Waals surface area (Å²) >= 11 is 0. The number of rotatable bonds is 4. The van der Waals surface area contributed by atoms with E-state index < -0.39 is 5.91 Å². The van der Waals surface area contributed by atoms with Crippen molar-refractivity contribution in [3.05, 3.63) is 48.4 Å². The molecule has 3 aromatic rings. The van der Waals surface area contributed by atoms with Crippen LogP contribution in [0.25, 0.3) is 22.3 Å². The molecule has 0 saturated carbocycles. The minimum atomic E-state index is -0.461. The number of nitrogens with one attached hydrogen (secondary N) is 1. The molecular weight excluding hydrogens is 314 g/mol. The number of fused-ring (bicyclic) bond motifs is 1. The van der Waals surface area contributed by atoms with Crippen LogP contribution in [0.3, 0.4) is 0 Å². The average molecular weight is 335 g/mol. The van der Waals surface area contributed by atoms with Gasteiger partial charge in [-0.15, -0.1) is 0 Å². The molecule has 3 aromatic heterocycles. The zero-order valence-corrected chi connectivity index (χ0v) is 14.0. The van der Waals surface area contributed by atoms with Gasteiger partial charge in [-0.2, -0.15) is 0 Å². The Kier molecular flexibility index (Phi) is 4.19. The fourth-order valence-electron chi connectivity index (χ4n) is 3.47. The first kappa shape index (κ1) is 15.8. The number of hydrogen-bond donors (Lipinski definition) is 2. The van der Waals surface area contributed by atoms with Crippen molar-refractivity contribution >= 4 is 16.8 Å². The molecule has 6 heteroatoms. The number of carbonyl (C=O) groups excluding carboxylic acids is 1. The lowest BCUT2D eigenvalue weighted by Crippen LogP contribution is -2.32. The number of nitrogens with two attached hydrogens (primary N) is 1. The maximum atomic E-state index is 11.4. The summed E-state index contributed by atoms with van der Waals surface area (Å²) in [5.74, 6) is 0.204. The van der Waals surface area contributed by atoms with Crippen LogP contribution in [0.1, 0.15) is 23.2 Å². The molecule has 4 rings (SSSR count). The van der Waals surface area contributed by atoms with Gasteiger partial charge < -0.3 is 15.6 Å². The van der Waals surface area contributed by atoms with E-state index in [2.05, 4.69) is 32.1 Å². The van der Waals surface area contributed by atoms with Crippen molar-refractivity contribution in [3.63, 3.8) is 0 Å². The number of hydrogen-bond acceptors (Lipinski definition) is 4. The van der Waals surface area contributed by atoms with E-state index in [9.17, 15) is 4.79 Å². The van der Waals surface area contributed by atoms with Gasteiger partial charge in [0, 0.05) is 29.9 Å². The van der Waals surface area contributed by atoms with Gasteiger partial charge in [-0.05, 0) is 56.1 Å². The number of carbonyl (C=O) groups is 1. The number of amides is 1. The van der Waals surface area contributed by atoms with Crippen molar-refractivity contribution in [2.45, 2.75) is 19.4 Å². The second-order valence-corrected chi connectivity index (χ2v) is 6.60. The molecule has 6 nitrogen and oxygen atoms in total. The molecule has 4 heterocycles. The zero-order valence-electron chi connectivity index (χ0n) is 14.0. The summed E-state index contributed by atoms with van der Waals surface area (Å²) in [5, 5.41) is 4.59. The number of pyridine rings is 2. The van der Waals surface area contributed by atoms with Crippen LogP contribution < -0.4 is 11.1 Å². The lowest BCUT2D eigenvalue weighted by molar-refractivity contribution is 0.1000. The molecule has 0 aromatic carbocycles. The monoisotopic (exact) mass is 335 g/mol. The fraction of sp³-hybridized carbons (Fsp3) is 0.316. The highest BCUT2D eigenvalue weighted by molar-refractivity contribution is 5.93. The van der Waals surface area contributed by atoms with Gasteiger partial charge in [-0.3, -0.25) is 14.8 Å². The van der Waals surface area contributed by atoms with Crippen molar-refractivity contribution in [1.82, 2.24) is 19.9 Å². The van der Waals surface area contributed by atoms with Gasteiger partial charge in [0.2, 0.25) is 5.91 Å². The minimum absolute atomic E-state index is 0.439. The summed E-state index contributed by atoms with van der Waals surface area (Å²) in [5.41, 5.74) is 8.31. The molecule has 1 atom stereocenters. The van der Waals surface area contributed by atoms with Gasteiger partial charge in [0.15, 0.2) is 0 Å². The summed E-state index contributed by atoms with van der Waals surface area (Å²) in [4.78, 5) is 20.2. The van der Waals surface area contributed by atoms with Crippen LogP contribution in [0.5, 0.6) is 0 Å². The number of aromatic nitrogens is 3. The van der Waals surface area contributed by atoms with Crippen LogP contribution in [0, 0.1) is 5.92 Å². The van der Waals surface area contributed by atoms with E-state index in [-0.39, 0.29) is 0 Å². The highest BCUT2D eigenvalue weighted by Gasteiger charge is 2.15. The third kappa shape index (κ3) is 3.25. The standard InChI is InChI=1S/C19H21N5O/c20-19(25)15-3-6-22-16(9-15)17-8-14-4-7-24(18(14)11-23-17)12-13-2-1-5-21-10-13/h3-4,6-9,11,13,21H,1-2,5,10,12H2,(H2,20,25). The third-order valence-electron chi connectivity index (χ3n) is 4.82. The summed E-state index contributed by atoms with van der Waals surface area (Å²) in [7, 11) is 0. The van der Waals surface area contributed by atoms with Gasteiger partial charge in [0.25, 0.3) is 0 Å². The van der Waals surface area contributed by atoms with Gasteiger partial charge in [0.05, 0.1) is 23.1 Å². The Labute approximate surface area is 146 Å². The van der Waals surface area contributed by atoms with E-state index in [1.807, 2.05) is 12.3 Å². The number of piperidine rings is 1. The molecule has 1 aliphatic rings. The van der Waals surface area contributed by atoms with E-state index in [0.29, 0.717) is 17.2 Å². The Balaban J connectivity index is 1.63. The van der Waals surface area contributed by atoms with E-state index >= 15 is 0 Å².